The van der Waals surface area contributed by atoms with Crippen molar-refractivity contribution in [2.24, 2.45) is 0 Å². The van der Waals surface area contributed by atoms with Gasteiger partial charge in [-0.1, -0.05) is 146 Å². The number of fused-ring (bicyclic) bond motifs is 12. The molecular weight excluding hydrogens is 821 g/mol. The maximum atomic E-state index is 2.44. The van der Waals surface area contributed by atoms with Gasteiger partial charge in [0.05, 0.1) is 22.1 Å². The van der Waals surface area contributed by atoms with Crippen LogP contribution >= 0.6 is 0 Å². The number of aryl methyl sites for hydroxylation is 4. The SMILES string of the molecule is c1cc(-c2ccc3c(c2)c2ccccc2n3-c2ccc(-n3c4ccccc4c4cc(-c5cccc(-c6cc7c(c8ccccc68)CC7)c5)ccc43)cc2)cc(-c2cc3c(c4ccccc24)CC3)c1. The Hall–Kier alpha value is -8.46. The van der Waals surface area contributed by atoms with Gasteiger partial charge in [-0.05, 0) is 187 Å². The van der Waals surface area contributed by atoms with E-state index in [4.69, 9.17) is 0 Å². The fourth-order valence-electron chi connectivity index (χ4n) is 12.0. The normalized spacial score (nSPS) is 13.1. The van der Waals surface area contributed by atoms with E-state index in [9.17, 15) is 0 Å². The number of benzene rings is 11. The quantitative estimate of drug-likeness (QED) is 0.158. The smallest absolute Gasteiger partial charge is 0.0541 e. The molecule has 2 heterocycles. The number of aromatic nitrogens is 2. The molecule has 0 fully saturated rings. The van der Waals surface area contributed by atoms with Crippen molar-refractivity contribution in [2.45, 2.75) is 25.7 Å². The van der Waals surface area contributed by atoms with Crippen molar-refractivity contribution in [1.29, 1.82) is 0 Å². The molecule has 68 heavy (non-hydrogen) atoms. The number of para-hydroxylation sites is 2. The van der Waals surface area contributed by atoms with Crippen molar-refractivity contribution in [3.05, 3.63) is 241 Å². The molecule has 0 spiro atoms. The predicted molar refractivity (Wildman–Crippen MR) is 287 cm³/mol. The van der Waals surface area contributed by atoms with Gasteiger partial charge < -0.3 is 9.13 Å². The van der Waals surface area contributed by atoms with Crippen molar-refractivity contribution in [3.8, 4) is 55.9 Å². The molecule has 0 bridgehead atoms. The Morgan fingerprint density at radius 1 is 0.235 bits per heavy atom. The van der Waals surface area contributed by atoms with E-state index in [0.717, 1.165) is 11.4 Å². The first-order chi connectivity index (χ1) is 33.7. The number of hydrogen-bond donors (Lipinski definition) is 0. The van der Waals surface area contributed by atoms with E-state index in [1.54, 1.807) is 0 Å². The summed E-state index contributed by atoms with van der Waals surface area (Å²) in [6.45, 7) is 0. The summed E-state index contributed by atoms with van der Waals surface area (Å²) in [7, 11) is 0. The van der Waals surface area contributed by atoms with Gasteiger partial charge >= 0.3 is 0 Å². The molecule has 318 valence electrons. The highest BCUT2D eigenvalue weighted by atomic mass is 15.0. The average molecular weight is 865 g/mol. The highest BCUT2D eigenvalue weighted by Gasteiger charge is 2.22. The van der Waals surface area contributed by atoms with Gasteiger partial charge in [0.25, 0.3) is 0 Å². The molecule has 0 amide bonds. The summed E-state index contributed by atoms with van der Waals surface area (Å²) < 4.78 is 4.86. The Labute approximate surface area is 394 Å². The summed E-state index contributed by atoms with van der Waals surface area (Å²) >= 11 is 0. The van der Waals surface area contributed by atoms with Crippen LogP contribution in [-0.2, 0) is 25.7 Å². The summed E-state index contributed by atoms with van der Waals surface area (Å²) in [5.74, 6) is 0. The summed E-state index contributed by atoms with van der Waals surface area (Å²) in [4.78, 5) is 0. The first kappa shape index (κ1) is 37.7. The van der Waals surface area contributed by atoms with Crippen LogP contribution in [0.4, 0.5) is 0 Å². The lowest BCUT2D eigenvalue weighted by atomic mass is 9.81. The van der Waals surface area contributed by atoms with Crippen LogP contribution in [-0.4, -0.2) is 9.13 Å². The third kappa shape index (κ3) is 5.58. The maximum absolute atomic E-state index is 2.44. The Morgan fingerprint density at radius 3 is 1.03 bits per heavy atom. The zero-order valence-corrected chi connectivity index (χ0v) is 37.5. The predicted octanol–water partition coefficient (Wildman–Crippen LogP) is 17.1. The molecule has 2 heteroatoms. The van der Waals surface area contributed by atoms with Crippen LogP contribution in [0, 0.1) is 0 Å². The third-order valence-electron chi connectivity index (χ3n) is 15.5. The van der Waals surface area contributed by atoms with Crippen LogP contribution < -0.4 is 0 Å². The molecule has 0 radical (unpaired) electrons. The molecule has 2 aliphatic carbocycles. The molecule has 0 saturated carbocycles. The van der Waals surface area contributed by atoms with Crippen LogP contribution in [0.15, 0.2) is 218 Å². The lowest BCUT2D eigenvalue weighted by Gasteiger charge is -2.23. The second-order valence-corrected chi connectivity index (χ2v) is 19.1. The second-order valence-electron chi connectivity index (χ2n) is 19.1. The minimum Gasteiger partial charge on any atom is -0.309 e. The van der Waals surface area contributed by atoms with E-state index in [0.29, 0.717) is 0 Å². The Morgan fingerprint density at radius 2 is 0.603 bits per heavy atom. The first-order valence-corrected chi connectivity index (χ1v) is 24.2. The van der Waals surface area contributed by atoms with Crippen molar-refractivity contribution in [1.82, 2.24) is 9.13 Å². The highest BCUT2D eigenvalue weighted by Crippen LogP contribution is 2.43. The van der Waals surface area contributed by atoms with E-state index >= 15 is 0 Å². The lowest BCUT2D eigenvalue weighted by Crippen LogP contribution is -2.09. The zero-order chi connectivity index (χ0) is 44.5. The van der Waals surface area contributed by atoms with Crippen molar-refractivity contribution in [2.75, 3.05) is 0 Å². The molecular formula is C66H44N2. The summed E-state index contributed by atoms with van der Waals surface area (Å²) in [5, 5.41) is 10.5. The molecule has 0 aliphatic heterocycles. The fraction of sp³-hybridized carbons (Fsp3) is 0.0606. The standard InChI is InChI=1S/C66H44N2/c1-3-17-55-53(15-1)51-31-23-47(51)39-59(55)45-13-9-11-41(35-45)43-25-33-65-61(37-43)57-19-5-7-21-63(57)67(65)49-27-29-50(30-28-49)68-64-22-8-6-20-58(64)62-38-44(26-34-66(62)68)42-12-10-14-46(36-42)60-40-48-24-32-52(48)54-16-2-4-18-56(54)60/h1-22,25-30,33-40H,23-24,31-32H2. The van der Waals surface area contributed by atoms with Crippen LogP contribution in [0.25, 0.3) is 121 Å². The van der Waals surface area contributed by atoms with Gasteiger partial charge in [0.15, 0.2) is 0 Å². The molecule has 15 rings (SSSR count). The zero-order valence-electron chi connectivity index (χ0n) is 37.5. The van der Waals surface area contributed by atoms with Gasteiger partial charge in [0, 0.05) is 32.9 Å². The second kappa shape index (κ2) is 14.5. The van der Waals surface area contributed by atoms with Gasteiger partial charge in [-0.25, -0.2) is 0 Å². The van der Waals surface area contributed by atoms with Crippen molar-refractivity contribution < 1.29 is 0 Å². The van der Waals surface area contributed by atoms with Crippen LogP contribution in [0.2, 0.25) is 0 Å². The number of nitrogens with zero attached hydrogens (tertiary/aromatic N) is 2. The first-order valence-electron chi connectivity index (χ1n) is 24.2. The minimum absolute atomic E-state index is 1.14. The summed E-state index contributed by atoms with van der Waals surface area (Å²) in [6.07, 6.45) is 4.70. The monoisotopic (exact) mass is 864 g/mol. The van der Waals surface area contributed by atoms with Gasteiger partial charge in [0.1, 0.15) is 0 Å². The Bertz CT molecular complexity index is 3980. The van der Waals surface area contributed by atoms with Crippen LogP contribution in [0.3, 0.4) is 0 Å². The molecule has 0 atom stereocenters. The molecule has 0 unspecified atom stereocenters. The topological polar surface area (TPSA) is 9.86 Å². The number of rotatable bonds is 6. The molecule has 2 aromatic heterocycles. The van der Waals surface area contributed by atoms with Gasteiger partial charge in [-0.3, -0.25) is 0 Å². The van der Waals surface area contributed by atoms with E-state index in [1.165, 1.54) is 158 Å². The van der Waals surface area contributed by atoms with Gasteiger partial charge in [0.2, 0.25) is 0 Å². The summed E-state index contributed by atoms with van der Waals surface area (Å²) in [5.41, 5.74) is 23.3. The maximum Gasteiger partial charge on any atom is 0.0541 e. The Kier molecular flexibility index (Phi) is 8.06. The van der Waals surface area contributed by atoms with Crippen molar-refractivity contribution in [3.63, 3.8) is 0 Å². The largest absolute Gasteiger partial charge is 0.309 e. The molecule has 11 aromatic carbocycles. The van der Waals surface area contributed by atoms with Crippen molar-refractivity contribution >= 4 is 65.2 Å². The van der Waals surface area contributed by atoms with Gasteiger partial charge in [-0.2, -0.15) is 0 Å². The molecule has 13 aromatic rings. The molecule has 2 nitrogen and oxygen atoms in total. The molecule has 0 N–H and O–H groups in total. The molecule has 0 saturated heterocycles. The lowest BCUT2D eigenvalue weighted by molar-refractivity contribution is 0.852. The third-order valence-corrected chi connectivity index (χ3v) is 15.5. The highest BCUT2D eigenvalue weighted by molar-refractivity contribution is 6.12. The summed E-state index contributed by atoms with van der Waals surface area (Å²) in [6, 6.07) is 81.9. The van der Waals surface area contributed by atoms with E-state index in [-0.39, 0.29) is 0 Å². The van der Waals surface area contributed by atoms with E-state index < -0.39 is 0 Å². The minimum atomic E-state index is 1.14. The van der Waals surface area contributed by atoms with E-state index in [2.05, 4.69) is 228 Å². The van der Waals surface area contributed by atoms with Crippen LogP contribution in [0.5, 0.6) is 0 Å². The molecule has 2 aliphatic rings. The average Bonchev–Trinajstić information content (AvgIpc) is 3.89. The van der Waals surface area contributed by atoms with Crippen LogP contribution in [0.1, 0.15) is 22.3 Å². The Balaban J connectivity index is 0.797. The van der Waals surface area contributed by atoms with E-state index in [1.807, 2.05) is 0 Å². The fourth-order valence-corrected chi connectivity index (χ4v) is 12.0. The van der Waals surface area contributed by atoms with Gasteiger partial charge in [-0.15, -0.1) is 0 Å². The number of hydrogen-bond acceptors (Lipinski definition) is 0.